The SMILES string of the molecule is C=C(OCC)N1CCCC1C/C(CC)=N/Oc1nc2oc(=O)cc(CCCCC3CC3)c2c(=O)[nH]1. The van der Waals surface area contributed by atoms with Gasteiger partial charge in [-0.05, 0) is 57.1 Å². The highest BCUT2D eigenvalue weighted by atomic mass is 16.6. The van der Waals surface area contributed by atoms with Gasteiger partial charge < -0.3 is 18.9 Å². The molecule has 2 aromatic heterocycles. The van der Waals surface area contributed by atoms with Gasteiger partial charge in [0, 0.05) is 25.1 Å². The number of unbranched alkanes of at least 4 members (excludes halogenated alkanes) is 1. The number of hydrogen-bond donors (Lipinski definition) is 1. The maximum atomic E-state index is 12.8. The van der Waals surface area contributed by atoms with Gasteiger partial charge in [-0.2, -0.15) is 4.98 Å². The molecule has 0 amide bonds. The zero-order valence-corrected chi connectivity index (χ0v) is 20.8. The Bertz CT molecular complexity index is 1180. The Kier molecular flexibility index (Phi) is 8.25. The van der Waals surface area contributed by atoms with Gasteiger partial charge in [0.2, 0.25) is 5.71 Å². The van der Waals surface area contributed by atoms with Gasteiger partial charge in [0.25, 0.3) is 5.56 Å². The Morgan fingerprint density at radius 2 is 2.11 bits per heavy atom. The monoisotopic (exact) mass is 484 g/mol. The number of hydrogen-bond acceptors (Lipinski definition) is 8. The van der Waals surface area contributed by atoms with Crippen molar-refractivity contribution in [3.05, 3.63) is 44.9 Å². The summed E-state index contributed by atoms with van der Waals surface area (Å²) in [6, 6.07) is 1.54. The summed E-state index contributed by atoms with van der Waals surface area (Å²) in [5, 5.41) is 4.56. The summed E-state index contributed by atoms with van der Waals surface area (Å²) in [6.07, 6.45) is 9.98. The molecule has 2 fully saturated rings. The van der Waals surface area contributed by atoms with E-state index in [1.165, 1.54) is 25.3 Å². The number of aromatic nitrogens is 2. The highest BCUT2D eigenvalue weighted by Gasteiger charge is 2.27. The van der Waals surface area contributed by atoms with Gasteiger partial charge in [-0.25, -0.2) is 4.79 Å². The molecule has 0 radical (unpaired) electrons. The van der Waals surface area contributed by atoms with Gasteiger partial charge >= 0.3 is 11.6 Å². The number of H-pyrrole nitrogens is 1. The largest absolute Gasteiger partial charge is 0.480 e. The molecule has 35 heavy (non-hydrogen) atoms. The van der Waals surface area contributed by atoms with Crippen molar-refractivity contribution in [2.45, 2.75) is 84.1 Å². The fourth-order valence-electron chi connectivity index (χ4n) is 4.78. The van der Waals surface area contributed by atoms with Gasteiger partial charge in [0.05, 0.1) is 12.3 Å². The lowest BCUT2D eigenvalue weighted by atomic mass is 10.0. The lowest BCUT2D eigenvalue weighted by Gasteiger charge is -2.27. The van der Waals surface area contributed by atoms with Crippen LogP contribution >= 0.6 is 0 Å². The van der Waals surface area contributed by atoms with Crippen LogP contribution in [0.4, 0.5) is 0 Å². The van der Waals surface area contributed by atoms with E-state index in [9.17, 15) is 9.59 Å². The predicted octanol–water partition coefficient (Wildman–Crippen LogP) is 4.51. The quantitative estimate of drug-likeness (QED) is 0.193. The number of ether oxygens (including phenoxy) is 1. The molecular formula is C26H36N4O5. The number of oxime groups is 1. The maximum absolute atomic E-state index is 12.8. The van der Waals surface area contributed by atoms with Crippen LogP contribution in [0.5, 0.6) is 6.01 Å². The van der Waals surface area contributed by atoms with Crippen LogP contribution in [-0.4, -0.2) is 39.8 Å². The number of nitrogens with one attached hydrogen (secondary N) is 1. The minimum absolute atomic E-state index is 0.0170. The third kappa shape index (κ3) is 6.52. The molecule has 1 saturated heterocycles. The predicted molar refractivity (Wildman–Crippen MR) is 135 cm³/mol. The van der Waals surface area contributed by atoms with Gasteiger partial charge in [0.15, 0.2) is 5.88 Å². The second-order valence-electron chi connectivity index (χ2n) is 9.45. The summed E-state index contributed by atoms with van der Waals surface area (Å²) in [5.74, 6) is 1.55. The first-order chi connectivity index (χ1) is 17.0. The number of rotatable bonds is 13. The number of likely N-dealkylation sites (tertiary alicyclic amines) is 1. The lowest BCUT2D eigenvalue weighted by Crippen LogP contribution is -2.31. The summed E-state index contributed by atoms with van der Waals surface area (Å²) in [7, 11) is 0. The summed E-state index contributed by atoms with van der Waals surface area (Å²) in [5.41, 5.74) is 0.568. The van der Waals surface area contributed by atoms with Crippen molar-refractivity contribution < 1.29 is 14.0 Å². The smallest absolute Gasteiger partial charge is 0.337 e. The molecule has 1 atom stereocenters. The minimum Gasteiger partial charge on any atom is -0.480 e. The molecule has 1 unspecified atom stereocenters. The first kappa shape index (κ1) is 25.0. The number of nitrogens with zero attached hydrogens (tertiary/aromatic N) is 3. The minimum atomic E-state index is -0.521. The maximum Gasteiger partial charge on any atom is 0.337 e. The Labute approximate surface area is 205 Å². The summed E-state index contributed by atoms with van der Waals surface area (Å²) in [4.78, 5) is 39.5. The molecule has 1 aliphatic carbocycles. The molecule has 3 heterocycles. The van der Waals surface area contributed by atoms with Crippen molar-refractivity contribution in [1.29, 1.82) is 0 Å². The molecular weight excluding hydrogens is 448 g/mol. The Balaban J connectivity index is 1.46. The number of aromatic amines is 1. The van der Waals surface area contributed by atoms with Crippen molar-refractivity contribution in [2.75, 3.05) is 13.2 Å². The molecule has 2 aliphatic rings. The Morgan fingerprint density at radius 3 is 2.86 bits per heavy atom. The highest BCUT2D eigenvalue weighted by molar-refractivity contribution is 5.84. The first-order valence-corrected chi connectivity index (χ1v) is 12.9. The molecule has 9 nitrogen and oxygen atoms in total. The standard InChI is InChI=1S/C26H36N4O5/c1-4-20(16-21-11-8-14-30(21)17(3)33-5-2)29-35-26-27-24(32)23-19(10-7-6-9-18-12-13-18)15-22(31)34-25(23)28-26/h15,18,21H,3-14,16H2,1-2H3,(H,27,28,32)/b29-20+. The number of fused-ring (bicyclic) bond motifs is 1. The van der Waals surface area contributed by atoms with Crippen molar-refractivity contribution in [3.8, 4) is 6.01 Å². The molecule has 1 saturated carbocycles. The van der Waals surface area contributed by atoms with Gasteiger partial charge in [0.1, 0.15) is 5.39 Å². The molecule has 1 aliphatic heterocycles. The zero-order valence-electron chi connectivity index (χ0n) is 20.8. The second kappa shape index (κ2) is 11.6. The normalized spacial score (nSPS) is 18.3. The van der Waals surface area contributed by atoms with Crippen LogP contribution in [0.3, 0.4) is 0 Å². The molecule has 9 heteroatoms. The Hall–Kier alpha value is -3.10. The van der Waals surface area contributed by atoms with Crippen LogP contribution in [0.25, 0.3) is 11.1 Å². The van der Waals surface area contributed by atoms with E-state index in [0.29, 0.717) is 42.7 Å². The van der Waals surface area contributed by atoms with Crippen molar-refractivity contribution in [1.82, 2.24) is 14.9 Å². The molecule has 0 aromatic carbocycles. The summed E-state index contributed by atoms with van der Waals surface area (Å²) >= 11 is 0. The van der Waals surface area contributed by atoms with Crippen molar-refractivity contribution in [3.63, 3.8) is 0 Å². The van der Waals surface area contributed by atoms with Crippen LogP contribution in [-0.2, 0) is 11.2 Å². The van der Waals surface area contributed by atoms with Crippen molar-refractivity contribution in [2.24, 2.45) is 11.1 Å². The average Bonchev–Trinajstić information content (AvgIpc) is 3.54. The van der Waals surface area contributed by atoms with Crippen LogP contribution in [0.1, 0.15) is 77.2 Å². The van der Waals surface area contributed by atoms with E-state index in [1.54, 1.807) is 0 Å². The first-order valence-electron chi connectivity index (χ1n) is 12.9. The van der Waals surface area contributed by atoms with Gasteiger partial charge in [-0.3, -0.25) is 9.78 Å². The highest BCUT2D eigenvalue weighted by Crippen LogP contribution is 2.34. The number of aryl methyl sites for hydroxylation is 1. The van der Waals surface area contributed by atoms with E-state index in [2.05, 4.69) is 26.6 Å². The zero-order chi connectivity index (χ0) is 24.8. The van der Waals surface area contributed by atoms with E-state index in [1.807, 2.05) is 13.8 Å². The van der Waals surface area contributed by atoms with Gasteiger partial charge in [-0.1, -0.05) is 37.8 Å². The van der Waals surface area contributed by atoms with E-state index in [0.717, 1.165) is 43.9 Å². The molecule has 4 rings (SSSR count). The summed E-state index contributed by atoms with van der Waals surface area (Å²) in [6.45, 7) is 9.47. The fourth-order valence-corrected chi connectivity index (χ4v) is 4.78. The van der Waals surface area contributed by atoms with Crippen molar-refractivity contribution >= 4 is 16.8 Å². The molecule has 190 valence electrons. The molecule has 0 spiro atoms. The second-order valence-corrected chi connectivity index (χ2v) is 9.45. The van der Waals surface area contributed by atoms with Crippen LogP contribution in [0, 0.1) is 5.92 Å². The Morgan fingerprint density at radius 1 is 1.29 bits per heavy atom. The fraction of sp³-hybridized carbons (Fsp3) is 0.615. The lowest BCUT2D eigenvalue weighted by molar-refractivity contribution is 0.116. The third-order valence-corrected chi connectivity index (χ3v) is 6.83. The van der Waals surface area contributed by atoms with E-state index in [4.69, 9.17) is 14.0 Å². The molecule has 2 aromatic rings. The van der Waals surface area contributed by atoms with E-state index < -0.39 is 11.2 Å². The average molecular weight is 485 g/mol. The molecule has 0 bridgehead atoms. The van der Waals surface area contributed by atoms with Crippen LogP contribution in [0.15, 0.2) is 37.7 Å². The van der Waals surface area contributed by atoms with E-state index >= 15 is 0 Å². The topological polar surface area (TPSA) is 110 Å². The van der Waals surface area contributed by atoms with Gasteiger partial charge in [-0.15, -0.1) is 0 Å². The van der Waals surface area contributed by atoms with Crippen LogP contribution < -0.4 is 16.0 Å². The molecule has 1 N–H and O–H groups in total. The van der Waals surface area contributed by atoms with Crippen LogP contribution in [0.2, 0.25) is 0 Å². The summed E-state index contributed by atoms with van der Waals surface area (Å²) < 4.78 is 10.8. The van der Waals surface area contributed by atoms with E-state index in [-0.39, 0.29) is 17.8 Å². The third-order valence-electron chi connectivity index (χ3n) is 6.83.